The summed E-state index contributed by atoms with van der Waals surface area (Å²) >= 11 is 0. The second-order valence-electron chi connectivity index (χ2n) is 4.77. The van der Waals surface area contributed by atoms with Gasteiger partial charge in [-0.05, 0) is 0 Å². The third-order valence-corrected chi connectivity index (χ3v) is 2.83. The fourth-order valence-electron chi connectivity index (χ4n) is 1.77. The average Bonchev–Trinajstić information content (AvgIpc) is 2.96. The van der Waals surface area contributed by atoms with E-state index in [-0.39, 0.29) is 24.1 Å². The minimum atomic E-state index is -0.341. The molecule has 0 aliphatic heterocycles. The fraction of sp³-hybridized carbons (Fsp3) is 0.385. The van der Waals surface area contributed by atoms with E-state index in [9.17, 15) is 4.79 Å². The van der Waals surface area contributed by atoms with Gasteiger partial charge in [0, 0.05) is 19.0 Å². The van der Waals surface area contributed by atoms with Crippen LogP contribution < -0.4 is 0 Å². The van der Waals surface area contributed by atoms with Gasteiger partial charge in [-0.3, -0.25) is 4.79 Å². The van der Waals surface area contributed by atoms with E-state index >= 15 is 0 Å². The van der Waals surface area contributed by atoms with Crippen LogP contribution in [0.3, 0.4) is 0 Å². The summed E-state index contributed by atoms with van der Waals surface area (Å²) < 4.78 is 1.58. The van der Waals surface area contributed by atoms with Crippen molar-refractivity contribution < 1.29 is 4.79 Å². The molecular formula is C13H15N7O. The first kappa shape index (κ1) is 14.6. The molecule has 0 saturated heterocycles. The summed E-state index contributed by atoms with van der Waals surface area (Å²) in [6.45, 7) is 3.99. The third-order valence-electron chi connectivity index (χ3n) is 2.83. The Labute approximate surface area is 122 Å². The molecule has 0 N–H and O–H groups in total. The van der Waals surface area contributed by atoms with Crippen LogP contribution in [-0.2, 0) is 0 Å². The summed E-state index contributed by atoms with van der Waals surface area (Å²) in [5, 5.41) is 12.8. The first-order chi connectivity index (χ1) is 10.0. The second kappa shape index (κ2) is 6.09. The summed E-state index contributed by atoms with van der Waals surface area (Å²) in [5.74, 6) is 1.05. The van der Waals surface area contributed by atoms with Gasteiger partial charge in [-0.15, -0.1) is 0 Å². The molecule has 21 heavy (non-hydrogen) atoms. The van der Waals surface area contributed by atoms with Gasteiger partial charge in [-0.2, -0.15) is 15.0 Å². The van der Waals surface area contributed by atoms with Crippen molar-refractivity contribution in [1.29, 1.82) is 5.26 Å². The predicted molar refractivity (Wildman–Crippen MR) is 73.6 cm³/mol. The van der Waals surface area contributed by atoms with E-state index in [1.807, 2.05) is 19.9 Å². The van der Waals surface area contributed by atoms with Crippen LogP contribution in [0.2, 0.25) is 0 Å². The van der Waals surface area contributed by atoms with Crippen molar-refractivity contribution in [1.82, 2.24) is 29.6 Å². The molecule has 8 heteroatoms. The number of carbonyl (C=O) groups excluding carboxylic acids is 1. The first-order valence-electron chi connectivity index (χ1n) is 6.39. The molecule has 8 nitrogen and oxygen atoms in total. The smallest absolute Gasteiger partial charge is 0.273 e. The standard InChI is InChI=1S/C13H15N7O/c1-9(2)12-17-8-18-20(12)11-6-10(15-7-16-11)13(21)19(3)5-4-14/h6-9H,5H2,1-3H3. The zero-order valence-corrected chi connectivity index (χ0v) is 12.1. The van der Waals surface area contributed by atoms with Crippen molar-refractivity contribution in [3.8, 4) is 11.9 Å². The predicted octanol–water partition coefficient (Wildman–Crippen LogP) is 0.776. The van der Waals surface area contributed by atoms with Crippen LogP contribution in [-0.4, -0.2) is 49.1 Å². The molecule has 0 unspecified atom stereocenters. The number of nitrogens with zero attached hydrogens (tertiary/aromatic N) is 7. The molecule has 0 aromatic carbocycles. The Bertz CT molecular complexity index is 686. The van der Waals surface area contributed by atoms with Crippen LogP contribution in [0.5, 0.6) is 0 Å². The Morgan fingerprint density at radius 1 is 1.38 bits per heavy atom. The highest BCUT2D eigenvalue weighted by molar-refractivity contribution is 5.92. The highest BCUT2D eigenvalue weighted by atomic mass is 16.2. The van der Waals surface area contributed by atoms with E-state index < -0.39 is 0 Å². The van der Waals surface area contributed by atoms with Crippen LogP contribution in [0.15, 0.2) is 18.7 Å². The Balaban J connectivity index is 2.36. The van der Waals surface area contributed by atoms with Crippen molar-refractivity contribution in [2.75, 3.05) is 13.6 Å². The van der Waals surface area contributed by atoms with Crippen molar-refractivity contribution >= 4 is 5.91 Å². The molecule has 2 aromatic heterocycles. The van der Waals surface area contributed by atoms with Gasteiger partial charge in [0.1, 0.15) is 30.7 Å². The minimum Gasteiger partial charge on any atom is -0.327 e. The van der Waals surface area contributed by atoms with Crippen LogP contribution in [0, 0.1) is 11.3 Å². The van der Waals surface area contributed by atoms with Gasteiger partial charge in [-0.25, -0.2) is 15.0 Å². The minimum absolute atomic E-state index is 0.00125. The van der Waals surface area contributed by atoms with E-state index in [1.54, 1.807) is 11.7 Å². The van der Waals surface area contributed by atoms with E-state index in [4.69, 9.17) is 5.26 Å². The summed E-state index contributed by atoms with van der Waals surface area (Å²) in [5.41, 5.74) is 0.211. The molecule has 2 rings (SSSR count). The normalized spacial score (nSPS) is 10.4. The van der Waals surface area contributed by atoms with Gasteiger partial charge in [0.2, 0.25) is 0 Å². The van der Waals surface area contributed by atoms with Gasteiger partial charge in [0.15, 0.2) is 5.82 Å². The number of carbonyl (C=O) groups is 1. The monoisotopic (exact) mass is 285 g/mol. The van der Waals surface area contributed by atoms with Crippen molar-refractivity contribution in [3.63, 3.8) is 0 Å². The summed E-state index contributed by atoms with van der Waals surface area (Å²) in [6.07, 6.45) is 2.75. The molecule has 1 amide bonds. The molecule has 0 fully saturated rings. The first-order valence-corrected chi connectivity index (χ1v) is 6.39. The van der Waals surface area contributed by atoms with Crippen LogP contribution in [0.25, 0.3) is 5.82 Å². The zero-order valence-electron chi connectivity index (χ0n) is 12.1. The van der Waals surface area contributed by atoms with E-state index in [1.165, 1.54) is 23.6 Å². The average molecular weight is 285 g/mol. The maximum atomic E-state index is 12.1. The quantitative estimate of drug-likeness (QED) is 0.769. The number of amides is 1. The molecule has 0 radical (unpaired) electrons. The highest BCUT2D eigenvalue weighted by Gasteiger charge is 2.16. The van der Waals surface area contributed by atoms with Crippen molar-refractivity contribution in [2.45, 2.75) is 19.8 Å². The zero-order chi connectivity index (χ0) is 15.4. The molecule has 0 saturated carbocycles. The molecule has 0 aliphatic rings. The molecule has 0 atom stereocenters. The van der Waals surface area contributed by atoms with Crippen LogP contribution in [0.1, 0.15) is 36.1 Å². The van der Waals surface area contributed by atoms with Gasteiger partial charge in [0.05, 0.1) is 6.07 Å². The number of nitriles is 1. The lowest BCUT2D eigenvalue weighted by molar-refractivity contribution is 0.0806. The lowest BCUT2D eigenvalue weighted by atomic mass is 10.2. The van der Waals surface area contributed by atoms with E-state index in [2.05, 4.69) is 20.1 Å². The molecule has 0 aliphatic carbocycles. The number of rotatable bonds is 4. The highest BCUT2D eigenvalue weighted by Crippen LogP contribution is 2.14. The molecule has 108 valence electrons. The Morgan fingerprint density at radius 2 is 2.14 bits per heavy atom. The number of hydrogen-bond donors (Lipinski definition) is 0. The number of hydrogen-bond acceptors (Lipinski definition) is 6. The molecule has 0 spiro atoms. The maximum absolute atomic E-state index is 12.1. The molecule has 2 heterocycles. The van der Waals surface area contributed by atoms with E-state index in [0.29, 0.717) is 5.82 Å². The summed E-state index contributed by atoms with van der Waals surface area (Å²) in [7, 11) is 1.54. The number of aromatic nitrogens is 5. The van der Waals surface area contributed by atoms with Gasteiger partial charge in [0.25, 0.3) is 5.91 Å². The third kappa shape index (κ3) is 3.02. The van der Waals surface area contributed by atoms with Crippen LogP contribution in [0.4, 0.5) is 0 Å². The Kier molecular flexibility index (Phi) is 4.23. The summed E-state index contributed by atoms with van der Waals surface area (Å²) in [4.78, 5) is 25.7. The summed E-state index contributed by atoms with van der Waals surface area (Å²) in [6, 6.07) is 3.46. The second-order valence-corrected chi connectivity index (χ2v) is 4.77. The van der Waals surface area contributed by atoms with Gasteiger partial charge >= 0.3 is 0 Å². The van der Waals surface area contributed by atoms with E-state index in [0.717, 1.165) is 5.82 Å². The lowest BCUT2D eigenvalue weighted by Crippen LogP contribution is -2.28. The molecule has 2 aromatic rings. The lowest BCUT2D eigenvalue weighted by Gasteiger charge is -2.13. The van der Waals surface area contributed by atoms with Crippen molar-refractivity contribution in [2.24, 2.45) is 0 Å². The topological polar surface area (TPSA) is 101 Å². The van der Waals surface area contributed by atoms with Gasteiger partial charge in [-0.1, -0.05) is 13.8 Å². The molecular weight excluding hydrogens is 270 g/mol. The fourth-order valence-corrected chi connectivity index (χ4v) is 1.77. The van der Waals surface area contributed by atoms with Crippen molar-refractivity contribution in [3.05, 3.63) is 30.2 Å². The molecule has 0 bridgehead atoms. The Hall–Kier alpha value is -2.82. The maximum Gasteiger partial charge on any atom is 0.273 e. The Morgan fingerprint density at radius 3 is 2.81 bits per heavy atom. The van der Waals surface area contributed by atoms with Crippen LogP contribution >= 0.6 is 0 Å². The van der Waals surface area contributed by atoms with Gasteiger partial charge < -0.3 is 4.90 Å². The SMILES string of the molecule is CC(C)c1ncnn1-c1cc(C(=O)N(C)CC#N)ncn1. The largest absolute Gasteiger partial charge is 0.327 e.